The summed E-state index contributed by atoms with van der Waals surface area (Å²) in [6.45, 7) is 1.92. The largest absolute Gasteiger partial charge is 0.462 e. The fraction of sp³-hybridized carbons (Fsp3) is 0.500. The Morgan fingerprint density at radius 1 is 1.38 bits per heavy atom. The number of anilines is 1. The topological polar surface area (TPSA) is 55.4 Å². The minimum atomic E-state index is -0.249. The van der Waals surface area contributed by atoms with Crippen molar-refractivity contribution in [2.75, 3.05) is 5.32 Å². The van der Waals surface area contributed by atoms with Crippen LogP contribution in [0.3, 0.4) is 0 Å². The summed E-state index contributed by atoms with van der Waals surface area (Å²) in [5.74, 6) is -0.231. The molecule has 2 aliphatic carbocycles. The van der Waals surface area contributed by atoms with Gasteiger partial charge in [-0.05, 0) is 43.4 Å². The van der Waals surface area contributed by atoms with Crippen LogP contribution in [0.4, 0.5) is 5.69 Å². The van der Waals surface area contributed by atoms with E-state index < -0.39 is 0 Å². The van der Waals surface area contributed by atoms with Gasteiger partial charge in [-0.25, -0.2) is 0 Å². The number of nitrogens with one attached hydrogen (secondary N) is 1. The summed E-state index contributed by atoms with van der Waals surface area (Å²) in [6, 6.07) is 5.46. The van der Waals surface area contributed by atoms with E-state index in [0.29, 0.717) is 10.7 Å². The standard InChI is InChI=1S/C16H16ClNO3/c1-7-2-3-9(6-11(7)17)18-15(19)13-8-4-10-12(5-8)21-16(20)14(10)13/h2-3,6,8,10,12-14H,4-5H2,1H3,(H,18,19)/t8-,10+,12-,13+,14+/m1/s1. The molecule has 2 bridgehead atoms. The molecule has 110 valence electrons. The van der Waals surface area contributed by atoms with Crippen LogP contribution >= 0.6 is 11.6 Å². The Morgan fingerprint density at radius 3 is 2.95 bits per heavy atom. The number of halogens is 1. The van der Waals surface area contributed by atoms with Gasteiger partial charge in [-0.15, -0.1) is 0 Å². The lowest BCUT2D eigenvalue weighted by atomic mass is 9.79. The predicted molar refractivity (Wildman–Crippen MR) is 77.9 cm³/mol. The average Bonchev–Trinajstić information content (AvgIpc) is 3.04. The number of carbonyl (C=O) groups excluding carboxylic acids is 2. The van der Waals surface area contributed by atoms with Gasteiger partial charge in [-0.1, -0.05) is 17.7 Å². The molecule has 3 fully saturated rings. The number of hydrogen-bond donors (Lipinski definition) is 1. The van der Waals surface area contributed by atoms with Crippen molar-refractivity contribution in [1.82, 2.24) is 0 Å². The number of hydrogen-bond acceptors (Lipinski definition) is 3. The highest BCUT2D eigenvalue weighted by molar-refractivity contribution is 6.31. The van der Waals surface area contributed by atoms with Gasteiger partial charge in [-0.2, -0.15) is 0 Å². The molecule has 1 aromatic carbocycles. The number of esters is 1. The highest BCUT2D eigenvalue weighted by Gasteiger charge is 2.63. The van der Waals surface area contributed by atoms with E-state index in [1.807, 2.05) is 19.1 Å². The molecule has 4 rings (SSSR count). The minimum Gasteiger partial charge on any atom is -0.462 e. The zero-order valence-corrected chi connectivity index (χ0v) is 12.4. The molecule has 21 heavy (non-hydrogen) atoms. The van der Waals surface area contributed by atoms with Crippen LogP contribution in [0.15, 0.2) is 18.2 Å². The SMILES string of the molecule is Cc1ccc(NC(=O)[C@H]2[C@@H]3C[C@@H]4[C@@H]2C(=O)O[C@@H]4C3)cc1Cl. The molecule has 0 spiro atoms. The van der Waals surface area contributed by atoms with Gasteiger partial charge in [-0.3, -0.25) is 9.59 Å². The zero-order chi connectivity index (χ0) is 14.7. The number of benzene rings is 1. The fourth-order valence-corrected chi connectivity index (χ4v) is 4.44. The van der Waals surface area contributed by atoms with Crippen LogP contribution in [0.5, 0.6) is 0 Å². The minimum absolute atomic E-state index is 0.0605. The Bertz CT molecular complexity index is 642. The second-order valence-corrected chi connectivity index (χ2v) is 6.78. The molecule has 1 amide bonds. The highest BCUT2D eigenvalue weighted by Crippen LogP contribution is 2.57. The van der Waals surface area contributed by atoms with Crippen molar-refractivity contribution >= 4 is 29.2 Å². The van der Waals surface area contributed by atoms with Gasteiger partial charge in [0.15, 0.2) is 0 Å². The maximum Gasteiger partial charge on any atom is 0.310 e. The van der Waals surface area contributed by atoms with Crippen LogP contribution in [0.2, 0.25) is 5.02 Å². The van der Waals surface area contributed by atoms with E-state index in [9.17, 15) is 9.59 Å². The van der Waals surface area contributed by atoms with Crippen LogP contribution < -0.4 is 5.32 Å². The molecule has 1 aliphatic heterocycles. The molecule has 0 unspecified atom stereocenters. The van der Waals surface area contributed by atoms with Gasteiger partial charge in [0.25, 0.3) is 0 Å². The van der Waals surface area contributed by atoms with E-state index in [4.69, 9.17) is 16.3 Å². The molecule has 5 atom stereocenters. The number of carbonyl (C=O) groups is 2. The number of fused-ring (bicyclic) bond motifs is 1. The molecule has 1 saturated heterocycles. The first-order valence-corrected chi connectivity index (χ1v) is 7.70. The van der Waals surface area contributed by atoms with Gasteiger partial charge >= 0.3 is 5.97 Å². The van der Waals surface area contributed by atoms with Crippen LogP contribution in [0, 0.1) is 30.6 Å². The quantitative estimate of drug-likeness (QED) is 0.855. The molecular weight excluding hydrogens is 290 g/mol. The normalized spacial score (nSPS) is 35.9. The molecule has 4 nitrogen and oxygen atoms in total. The molecular formula is C16H16ClNO3. The van der Waals surface area contributed by atoms with E-state index in [1.54, 1.807) is 6.07 Å². The van der Waals surface area contributed by atoms with Crippen LogP contribution in [-0.4, -0.2) is 18.0 Å². The molecule has 2 saturated carbocycles. The lowest BCUT2D eigenvalue weighted by Gasteiger charge is -2.23. The summed E-state index contributed by atoms with van der Waals surface area (Å²) in [4.78, 5) is 24.5. The summed E-state index contributed by atoms with van der Waals surface area (Å²) in [6.07, 6.45) is 1.83. The lowest BCUT2D eigenvalue weighted by molar-refractivity contribution is -0.145. The van der Waals surface area contributed by atoms with Crippen molar-refractivity contribution in [3.63, 3.8) is 0 Å². The number of ether oxygens (including phenoxy) is 1. The third-order valence-electron chi connectivity index (χ3n) is 5.23. The van der Waals surface area contributed by atoms with Crippen LogP contribution in [0.25, 0.3) is 0 Å². The second-order valence-electron chi connectivity index (χ2n) is 6.38. The molecule has 5 heteroatoms. The van der Waals surface area contributed by atoms with Gasteiger partial charge in [0.2, 0.25) is 5.91 Å². The Hall–Kier alpha value is -1.55. The summed E-state index contributed by atoms with van der Waals surface area (Å²) >= 11 is 6.08. The van der Waals surface area contributed by atoms with E-state index in [2.05, 4.69) is 5.32 Å². The van der Waals surface area contributed by atoms with Gasteiger partial charge < -0.3 is 10.1 Å². The van der Waals surface area contributed by atoms with Crippen LogP contribution in [0.1, 0.15) is 18.4 Å². The van der Waals surface area contributed by atoms with Gasteiger partial charge in [0.05, 0.1) is 11.8 Å². The Balaban J connectivity index is 1.55. The summed E-state index contributed by atoms with van der Waals surface area (Å²) < 4.78 is 5.36. The van der Waals surface area contributed by atoms with Crippen molar-refractivity contribution in [2.45, 2.75) is 25.9 Å². The fourth-order valence-electron chi connectivity index (χ4n) is 4.26. The predicted octanol–water partition coefficient (Wildman–Crippen LogP) is 2.78. The maximum atomic E-state index is 12.6. The van der Waals surface area contributed by atoms with Crippen molar-refractivity contribution in [1.29, 1.82) is 0 Å². The number of amides is 1. The Morgan fingerprint density at radius 2 is 2.19 bits per heavy atom. The number of aryl methyl sites for hydroxylation is 1. The third kappa shape index (κ3) is 1.89. The first-order valence-electron chi connectivity index (χ1n) is 7.32. The highest BCUT2D eigenvalue weighted by atomic mass is 35.5. The molecule has 1 N–H and O–H groups in total. The smallest absolute Gasteiger partial charge is 0.310 e. The maximum absolute atomic E-state index is 12.6. The van der Waals surface area contributed by atoms with Gasteiger partial charge in [0, 0.05) is 16.6 Å². The first kappa shape index (κ1) is 13.1. The summed E-state index contributed by atoms with van der Waals surface area (Å²) in [5, 5.41) is 3.53. The number of rotatable bonds is 2. The molecule has 1 heterocycles. The summed E-state index contributed by atoms with van der Waals surface area (Å²) in [5.41, 5.74) is 1.65. The molecule has 3 aliphatic rings. The van der Waals surface area contributed by atoms with E-state index in [0.717, 1.165) is 18.4 Å². The van der Waals surface area contributed by atoms with Crippen molar-refractivity contribution in [2.24, 2.45) is 23.7 Å². The van der Waals surface area contributed by atoms with E-state index in [1.165, 1.54) is 0 Å². The summed E-state index contributed by atoms with van der Waals surface area (Å²) in [7, 11) is 0. The second kappa shape index (κ2) is 4.47. The van der Waals surface area contributed by atoms with E-state index >= 15 is 0 Å². The third-order valence-corrected chi connectivity index (χ3v) is 5.63. The molecule has 0 radical (unpaired) electrons. The monoisotopic (exact) mass is 305 g/mol. The van der Waals surface area contributed by atoms with Crippen molar-refractivity contribution < 1.29 is 14.3 Å². The Kier molecular flexibility index (Phi) is 2.80. The average molecular weight is 306 g/mol. The van der Waals surface area contributed by atoms with Gasteiger partial charge in [0.1, 0.15) is 6.10 Å². The Labute approximate surface area is 127 Å². The molecule has 1 aromatic rings. The van der Waals surface area contributed by atoms with E-state index in [-0.39, 0.29) is 41.7 Å². The first-order chi connectivity index (χ1) is 10.0. The van der Waals surface area contributed by atoms with Crippen molar-refractivity contribution in [3.05, 3.63) is 28.8 Å². The van der Waals surface area contributed by atoms with Crippen LogP contribution in [-0.2, 0) is 14.3 Å². The van der Waals surface area contributed by atoms with Crippen molar-refractivity contribution in [3.8, 4) is 0 Å². The zero-order valence-electron chi connectivity index (χ0n) is 11.6. The lowest BCUT2D eigenvalue weighted by Crippen LogP contribution is -2.35. The molecule has 0 aromatic heterocycles.